The predicted octanol–water partition coefficient (Wildman–Crippen LogP) is 3.13. The lowest BCUT2D eigenvalue weighted by molar-refractivity contribution is 0.0242. The van der Waals surface area contributed by atoms with E-state index in [4.69, 9.17) is 28.4 Å². The zero-order valence-corrected chi connectivity index (χ0v) is 15.3. The fourth-order valence-electron chi connectivity index (χ4n) is 1.48. The molecule has 0 aromatic carbocycles. The average Bonchev–Trinajstić information content (AvgIpc) is 2.60. The molecule has 0 aliphatic heterocycles. The molecule has 0 saturated heterocycles. The number of rotatable bonds is 16. The number of carbonyl (C=O) groups excluding carboxylic acids is 2. The van der Waals surface area contributed by atoms with Crippen LogP contribution in [0.5, 0.6) is 0 Å². The molecule has 8 heteroatoms. The number of hydrogen-bond acceptors (Lipinski definition) is 8. The van der Waals surface area contributed by atoms with Gasteiger partial charge in [0.05, 0.1) is 26.4 Å². The van der Waals surface area contributed by atoms with Crippen LogP contribution >= 0.6 is 0 Å². The maximum atomic E-state index is 11.2. The molecule has 25 heavy (non-hydrogen) atoms. The van der Waals surface area contributed by atoms with Gasteiger partial charge in [0.2, 0.25) is 0 Å². The van der Waals surface area contributed by atoms with E-state index in [2.05, 4.69) is 6.92 Å². The van der Waals surface area contributed by atoms with Crippen molar-refractivity contribution in [3.05, 3.63) is 6.42 Å². The van der Waals surface area contributed by atoms with E-state index in [9.17, 15) is 9.59 Å². The SMILES string of the molecule is CCCCOCCOC(=O)OC[CH]CCOC(=O)OCCOCCC. The van der Waals surface area contributed by atoms with E-state index in [-0.39, 0.29) is 26.4 Å². The Kier molecular flexibility index (Phi) is 17.6. The first-order valence-corrected chi connectivity index (χ1v) is 8.76. The Morgan fingerprint density at radius 1 is 0.680 bits per heavy atom. The second-order valence-corrected chi connectivity index (χ2v) is 5.01. The first-order chi connectivity index (χ1) is 12.2. The maximum Gasteiger partial charge on any atom is 0.508 e. The topological polar surface area (TPSA) is 89.5 Å². The molecule has 0 unspecified atom stereocenters. The fraction of sp³-hybridized carbons (Fsp3) is 0.824. The third-order valence-corrected chi connectivity index (χ3v) is 2.75. The van der Waals surface area contributed by atoms with Gasteiger partial charge in [0.15, 0.2) is 0 Å². The van der Waals surface area contributed by atoms with Gasteiger partial charge in [-0.25, -0.2) is 9.59 Å². The molecule has 0 N–H and O–H groups in total. The molecule has 0 atom stereocenters. The number of carbonyl (C=O) groups is 2. The number of hydrogen-bond donors (Lipinski definition) is 0. The van der Waals surface area contributed by atoms with Gasteiger partial charge in [0, 0.05) is 19.6 Å². The largest absolute Gasteiger partial charge is 0.508 e. The molecule has 0 rings (SSSR count). The lowest BCUT2D eigenvalue weighted by atomic mass is 10.3. The Labute approximate surface area is 150 Å². The van der Waals surface area contributed by atoms with Gasteiger partial charge in [-0.1, -0.05) is 20.3 Å². The summed E-state index contributed by atoms with van der Waals surface area (Å²) in [5.74, 6) is 0. The van der Waals surface area contributed by atoms with Crippen LogP contribution in [0.1, 0.15) is 39.5 Å². The van der Waals surface area contributed by atoms with Crippen molar-refractivity contribution >= 4 is 12.3 Å². The van der Waals surface area contributed by atoms with Crippen LogP contribution in [0.2, 0.25) is 0 Å². The van der Waals surface area contributed by atoms with Crippen LogP contribution in [0.4, 0.5) is 9.59 Å². The van der Waals surface area contributed by atoms with E-state index < -0.39 is 12.3 Å². The van der Waals surface area contributed by atoms with E-state index in [1.807, 2.05) is 6.92 Å². The van der Waals surface area contributed by atoms with Crippen LogP contribution < -0.4 is 0 Å². The van der Waals surface area contributed by atoms with E-state index >= 15 is 0 Å². The van der Waals surface area contributed by atoms with E-state index in [0.29, 0.717) is 32.8 Å². The first kappa shape index (κ1) is 23.5. The van der Waals surface area contributed by atoms with Crippen LogP contribution in [-0.2, 0) is 28.4 Å². The Bertz CT molecular complexity index is 322. The Morgan fingerprint density at radius 3 is 1.92 bits per heavy atom. The second-order valence-electron chi connectivity index (χ2n) is 5.01. The van der Waals surface area contributed by atoms with Crippen molar-refractivity contribution < 1.29 is 38.0 Å². The third-order valence-electron chi connectivity index (χ3n) is 2.75. The minimum Gasteiger partial charge on any atom is -0.434 e. The third kappa shape index (κ3) is 18.6. The molecule has 0 aromatic rings. The molecule has 0 saturated carbocycles. The molecular formula is C17H31O8. The number of ether oxygens (including phenoxy) is 6. The summed E-state index contributed by atoms with van der Waals surface area (Å²) in [5.41, 5.74) is 0. The molecule has 0 aromatic heterocycles. The van der Waals surface area contributed by atoms with Crippen LogP contribution in [0.25, 0.3) is 0 Å². The fourth-order valence-corrected chi connectivity index (χ4v) is 1.48. The zero-order valence-electron chi connectivity index (χ0n) is 15.3. The molecule has 0 bridgehead atoms. The highest BCUT2D eigenvalue weighted by atomic mass is 16.7. The van der Waals surface area contributed by atoms with Crippen molar-refractivity contribution in [3.63, 3.8) is 0 Å². The lowest BCUT2D eigenvalue weighted by Gasteiger charge is -2.08. The summed E-state index contributed by atoms with van der Waals surface area (Å²) in [4.78, 5) is 22.4. The van der Waals surface area contributed by atoms with E-state index in [1.54, 1.807) is 6.42 Å². The van der Waals surface area contributed by atoms with Gasteiger partial charge >= 0.3 is 12.3 Å². The van der Waals surface area contributed by atoms with Crippen molar-refractivity contribution in [2.24, 2.45) is 0 Å². The Morgan fingerprint density at radius 2 is 1.28 bits per heavy atom. The van der Waals surface area contributed by atoms with Crippen molar-refractivity contribution in [1.82, 2.24) is 0 Å². The molecule has 147 valence electrons. The standard InChI is InChI=1S/C17H31O8/c1-3-5-9-21-13-15-25-17(19)23-11-7-6-10-22-16(18)24-14-12-20-8-4-2/h7H,3-6,8-15H2,1-2H3. The van der Waals surface area contributed by atoms with Gasteiger partial charge in [0.1, 0.15) is 13.2 Å². The Balaban J connectivity index is 3.28. The van der Waals surface area contributed by atoms with Crippen molar-refractivity contribution in [2.75, 3.05) is 52.9 Å². The second kappa shape index (κ2) is 18.8. The summed E-state index contributed by atoms with van der Waals surface area (Å²) < 4.78 is 29.7. The smallest absolute Gasteiger partial charge is 0.434 e. The normalized spacial score (nSPS) is 10.3. The van der Waals surface area contributed by atoms with E-state index in [0.717, 1.165) is 19.3 Å². The quantitative estimate of drug-likeness (QED) is 0.305. The van der Waals surface area contributed by atoms with Crippen molar-refractivity contribution in [2.45, 2.75) is 39.5 Å². The van der Waals surface area contributed by atoms with Gasteiger partial charge in [-0.2, -0.15) is 0 Å². The summed E-state index contributed by atoms with van der Waals surface area (Å²) in [6.45, 7) is 6.66. The highest BCUT2D eigenvalue weighted by molar-refractivity contribution is 5.60. The van der Waals surface area contributed by atoms with Crippen LogP contribution in [-0.4, -0.2) is 65.2 Å². The average molecular weight is 363 g/mol. The maximum absolute atomic E-state index is 11.2. The predicted molar refractivity (Wildman–Crippen MR) is 90.4 cm³/mol. The van der Waals surface area contributed by atoms with Gasteiger partial charge in [-0.05, 0) is 19.3 Å². The summed E-state index contributed by atoms with van der Waals surface area (Å²) in [6, 6.07) is 0. The van der Waals surface area contributed by atoms with Gasteiger partial charge in [-0.15, -0.1) is 0 Å². The minimum atomic E-state index is -0.747. The highest BCUT2D eigenvalue weighted by Gasteiger charge is 2.05. The molecule has 1 radical (unpaired) electrons. The van der Waals surface area contributed by atoms with Gasteiger partial charge in [0.25, 0.3) is 0 Å². The zero-order chi connectivity index (χ0) is 18.6. The molecule has 0 aliphatic rings. The highest BCUT2D eigenvalue weighted by Crippen LogP contribution is 1.95. The molecule has 0 aliphatic carbocycles. The van der Waals surface area contributed by atoms with Crippen LogP contribution in [0.15, 0.2) is 0 Å². The van der Waals surface area contributed by atoms with Gasteiger partial charge in [-0.3, -0.25) is 0 Å². The van der Waals surface area contributed by atoms with Crippen molar-refractivity contribution in [1.29, 1.82) is 0 Å². The molecular weight excluding hydrogens is 332 g/mol. The molecule has 0 heterocycles. The van der Waals surface area contributed by atoms with Gasteiger partial charge < -0.3 is 28.4 Å². The molecule has 0 amide bonds. The molecule has 0 spiro atoms. The van der Waals surface area contributed by atoms with Crippen LogP contribution in [0.3, 0.4) is 0 Å². The van der Waals surface area contributed by atoms with Crippen molar-refractivity contribution in [3.8, 4) is 0 Å². The lowest BCUT2D eigenvalue weighted by Crippen LogP contribution is -2.14. The molecule has 8 nitrogen and oxygen atoms in total. The molecule has 0 fully saturated rings. The Hall–Kier alpha value is -1.54. The van der Waals surface area contributed by atoms with Crippen LogP contribution in [0, 0.1) is 6.42 Å². The first-order valence-electron chi connectivity index (χ1n) is 8.76. The van der Waals surface area contributed by atoms with E-state index in [1.165, 1.54) is 0 Å². The summed E-state index contributed by atoms with van der Waals surface area (Å²) >= 11 is 0. The minimum absolute atomic E-state index is 0.0821. The summed E-state index contributed by atoms with van der Waals surface area (Å²) in [5, 5.41) is 0. The number of unbranched alkanes of at least 4 members (excludes halogenated alkanes) is 2. The summed E-state index contributed by atoms with van der Waals surface area (Å²) in [7, 11) is 0. The monoisotopic (exact) mass is 363 g/mol. The summed E-state index contributed by atoms with van der Waals surface area (Å²) in [6.07, 6.45) is 3.59.